The second kappa shape index (κ2) is 10.6. The number of methoxy groups -OCH3 is 1. The van der Waals surface area contributed by atoms with Crippen molar-refractivity contribution in [1.29, 1.82) is 0 Å². The summed E-state index contributed by atoms with van der Waals surface area (Å²) in [5.41, 5.74) is 0. The zero-order chi connectivity index (χ0) is 11.4. The predicted molar refractivity (Wildman–Crippen MR) is 52.9 cm³/mol. The lowest BCUT2D eigenvalue weighted by atomic mass is 10.4. The quantitative estimate of drug-likeness (QED) is 0.114. The number of carbonyl (C=O) groups excluding carboxylic acids is 2. The van der Waals surface area contributed by atoms with Crippen LogP contribution < -0.4 is 0 Å². The van der Waals surface area contributed by atoms with E-state index in [4.69, 9.17) is 4.89 Å². The van der Waals surface area contributed by atoms with Crippen LogP contribution in [0, 0.1) is 0 Å². The molecule has 0 unspecified atom stereocenters. The van der Waals surface area contributed by atoms with Gasteiger partial charge >= 0.3 is 5.97 Å². The van der Waals surface area contributed by atoms with E-state index < -0.39 is 0 Å². The van der Waals surface area contributed by atoms with E-state index in [1.165, 1.54) is 13.2 Å². The Balaban J connectivity index is 3.24. The van der Waals surface area contributed by atoms with Crippen LogP contribution in [-0.2, 0) is 24.1 Å². The highest BCUT2D eigenvalue weighted by molar-refractivity contribution is 5.69. The molecule has 0 aliphatic rings. The zero-order valence-corrected chi connectivity index (χ0v) is 8.55. The first-order valence-electron chi connectivity index (χ1n) is 4.39. The topological polar surface area (TPSA) is 61.8 Å². The Morgan fingerprint density at radius 1 is 1.20 bits per heavy atom. The second-order valence-corrected chi connectivity index (χ2v) is 2.38. The van der Waals surface area contributed by atoms with Crippen LogP contribution in [0.25, 0.3) is 0 Å². The minimum Gasteiger partial charge on any atom is -0.469 e. The molecule has 0 aromatic rings. The van der Waals surface area contributed by atoms with Crippen molar-refractivity contribution in [2.24, 2.45) is 0 Å². The van der Waals surface area contributed by atoms with Gasteiger partial charge in [-0.1, -0.05) is 18.2 Å². The molecular weight excluding hydrogens is 200 g/mol. The molecule has 5 nitrogen and oxygen atoms in total. The predicted octanol–water partition coefficient (Wildman–Crippen LogP) is 0.809. The Kier molecular flexibility index (Phi) is 9.59. The second-order valence-electron chi connectivity index (χ2n) is 2.38. The molecule has 0 saturated heterocycles. The van der Waals surface area contributed by atoms with Gasteiger partial charge in [0.1, 0.15) is 12.9 Å². The first-order valence-corrected chi connectivity index (χ1v) is 4.39. The molecule has 0 amide bonds. The van der Waals surface area contributed by atoms with Crippen molar-refractivity contribution in [1.82, 2.24) is 0 Å². The van der Waals surface area contributed by atoms with Gasteiger partial charge in [-0.2, -0.15) is 0 Å². The molecule has 0 heterocycles. The molecule has 0 aliphatic heterocycles. The van der Waals surface area contributed by atoms with E-state index >= 15 is 0 Å². The smallest absolute Gasteiger partial charge is 0.307 e. The Labute approximate surface area is 88.2 Å². The van der Waals surface area contributed by atoms with Crippen LogP contribution >= 0.6 is 0 Å². The number of hydrogen-bond donors (Lipinski definition) is 0. The van der Waals surface area contributed by atoms with Gasteiger partial charge in [0.2, 0.25) is 0 Å². The number of carbonyl (C=O) groups is 2. The third-order valence-corrected chi connectivity index (χ3v) is 1.30. The SMILES string of the molecule is COC(=O)CCOOC/C=C/C=C/C=O. The molecule has 0 saturated carbocycles. The summed E-state index contributed by atoms with van der Waals surface area (Å²) in [6, 6.07) is 0. The lowest BCUT2D eigenvalue weighted by molar-refractivity contribution is -0.286. The summed E-state index contributed by atoms with van der Waals surface area (Å²) < 4.78 is 4.39. The van der Waals surface area contributed by atoms with E-state index in [0.717, 1.165) is 0 Å². The molecule has 0 bridgehead atoms. The van der Waals surface area contributed by atoms with Gasteiger partial charge in [-0.15, -0.1) is 0 Å². The molecule has 0 spiro atoms. The van der Waals surface area contributed by atoms with E-state index in [0.29, 0.717) is 6.29 Å². The lowest BCUT2D eigenvalue weighted by Crippen LogP contribution is -2.06. The number of hydrogen-bond acceptors (Lipinski definition) is 5. The summed E-state index contributed by atoms with van der Waals surface area (Å²) in [6.07, 6.45) is 7.08. The van der Waals surface area contributed by atoms with E-state index in [1.807, 2.05) is 0 Å². The standard InChI is InChI=1S/C10H14O5/c1-13-10(12)6-9-15-14-8-5-3-2-4-7-11/h2-5,7H,6,8-9H2,1H3/b4-2+,5-3+. The first kappa shape index (κ1) is 13.5. The fourth-order valence-electron chi connectivity index (χ4n) is 0.617. The van der Waals surface area contributed by atoms with Crippen molar-refractivity contribution in [3.05, 3.63) is 24.3 Å². The third kappa shape index (κ3) is 10.5. The van der Waals surface area contributed by atoms with Crippen LogP contribution in [-0.4, -0.2) is 32.6 Å². The van der Waals surface area contributed by atoms with Gasteiger partial charge < -0.3 is 4.74 Å². The minimum absolute atomic E-state index is 0.157. The van der Waals surface area contributed by atoms with Gasteiger partial charge in [-0.3, -0.25) is 9.59 Å². The highest BCUT2D eigenvalue weighted by Crippen LogP contribution is 1.88. The molecule has 0 fully saturated rings. The van der Waals surface area contributed by atoms with E-state index in [1.54, 1.807) is 18.2 Å². The van der Waals surface area contributed by atoms with Crippen molar-refractivity contribution in [3.63, 3.8) is 0 Å². The minimum atomic E-state index is -0.344. The van der Waals surface area contributed by atoms with Crippen LogP contribution in [0.3, 0.4) is 0 Å². The normalized spacial score (nSPS) is 11.0. The van der Waals surface area contributed by atoms with Gasteiger partial charge in [0.05, 0.1) is 20.1 Å². The van der Waals surface area contributed by atoms with Gasteiger partial charge in [0.25, 0.3) is 0 Å². The number of allylic oxidation sites excluding steroid dienone is 3. The van der Waals surface area contributed by atoms with Crippen molar-refractivity contribution < 1.29 is 24.1 Å². The monoisotopic (exact) mass is 214 g/mol. The molecule has 0 N–H and O–H groups in total. The summed E-state index contributed by atoms with van der Waals surface area (Å²) in [7, 11) is 1.31. The molecule has 0 aromatic heterocycles. The average molecular weight is 214 g/mol. The summed E-state index contributed by atoms with van der Waals surface area (Å²) in [6.45, 7) is 0.412. The molecule has 0 atom stereocenters. The van der Waals surface area contributed by atoms with E-state index in [-0.39, 0.29) is 25.6 Å². The van der Waals surface area contributed by atoms with Gasteiger partial charge in [-0.05, 0) is 6.08 Å². The average Bonchev–Trinajstić information content (AvgIpc) is 2.26. The largest absolute Gasteiger partial charge is 0.469 e. The van der Waals surface area contributed by atoms with E-state index in [9.17, 15) is 9.59 Å². The maximum Gasteiger partial charge on any atom is 0.307 e. The number of rotatable bonds is 8. The lowest BCUT2D eigenvalue weighted by Gasteiger charge is -2.00. The molecule has 5 heteroatoms. The van der Waals surface area contributed by atoms with Crippen molar-refractivity contribution in [3.8, 4) is 0 Å². The Morgan fingerprint density at radius 3 is 2.67 bits per heavy atom. The number of esters is 1. The van der Waals surface area contributed by atoms with Crippen LogP contribution in [0.4, 0.5) is 0 Å². The van der Waals surface area contributed by atoms with Crippen LogP contribution in [0.5, 0.6) is 0 Å². The molecular formula is C10H14O5. The first-order chi connectivity index (χ1) is 7.31. The van der Waals surface area contributed by atoms with Crippen LogP contribution in [0.15, 0.2) is 24.3 Å². The summed E-state index contributed by atoms with van der Waals surface area (Å²) in [4.78, 5) is 29.8. The maximum atomic E-state index is 10.6. The zero-order valence-electron chi connectivity index (χ0n) is 8.55. The third-order valence-electron chi connectivity index (χ3n) is 1.30. The van der Waals surface area contributed by atoms with E-state index in [2.05, 4.69) is 9.62 Å². The fourth-order valence-corrected chi connectivity index (χ4v) is 0.617. The highest BCUT2D eigenvalue weighted by Gasteiger charge is 1.98. The van der Waals surface area contributed by atoms with Crippen molar-refractivity contribution in [2.45, 2.75) is 6.42 Å². The summed E-state index contributed by atoms with van der Waals surface area (Å²) in [5, 5.41) is 0. The summed E-state index contributed by atoms with van der Waals surface area (Å²) >= 11 is 0. The number of ether oxygens (including phenoxy) is 1. The molecule has 15 heavy (non-hydrogen) atoms. The van der Waals surface area contributed by atoms with Gasteiger partial charge in [0, 0.05) is 0 Å². The molecule has 0 rings (SSSR count). The summed E-state index contributed by atoms with van der Waals surface area (Å²) in [5.74, 6) is -0.344. The maximum absolute atomic E-state index is 10.6. The van der Waals surface area contributed by atoms with Crippen molar-refractivity contribution in [2.75, 3.05) is 20.3 Å². The van der Waals surface area contributed by atoms with Gasteiger partial charge in [0.15, 0.2) is 0 Å². The molecule has 0 aromatic carbocycles. The highest BCUT2D eigenvalue weighted by atomic mass is 17.2. The Bertz CT molecular complexity index is 232. The molecule has 0 radical (unpaired) electrons. The molecule has 0 aliphatic carbocycles. The number of aldehydes is 1. The van der Waals surface area contributed by atoms with Crippen LogP contribution in [0.2, 0.25) is 0 Å². The van der Waals surface area contributed by atoms with Crippen molar-refractivity contribution >= 4 is 12.3 Å². The van der Waals surface area contributed by atoms with Gasteiger partial charge in [-0.25, -0.2) is 9.78 Å². The Hall–Kier alpha value is -1.46. The fraction of sp³-hybridized carbons (Fsp3) is 0.400. The Morgan fingerprint density at radius 2 is 2.00 bits per heavy atom. The van der Waals surface area contributed by atoms with Crippen LogP contribution in [0.1, 0.15) is 6.42 Å². The molecule has 84 valence electrons.